The van der Waals surface area contributed by atoms with E-state index in [1.165, 1.54) is 46.7 Å². The van der Waals surface area contributed by atoms with Crippen molar-refractivity contribution in [3.63, 3.8) is 0 Å². The Hall–Kier alpha value is -5.61. The highest BCUT2D eigenvalue weighted by Crippen LogP contribution is 2.39. The maximum atomic E-state index is 11.9. The van der Waals surface area contributed by atoms with Crippen LogP contribution in [0.5, 0.6) is 0 Å². The number of nitrogens with one attached hydrogen (secondary N) is 1. The Morgan fingerprint density at radius 3 is 1.30 bits per heavy atom. The van der Waals surface area contributed by atoms with Crippen LogP contribution in [0.2, 0.25) is 15.1 Å². The molecular weight excluding hydrogens is 923 g/mol. The summed E-state index contributed by atoms with van der Waals surface area (Å²) in [6, 6.07) is 7.97. The van der Waals surface area contributed by atoms with Crippen molar-refractivity contribution in [3.8, 4) is 0 Å². The molecule has 0 spiro atoms. The van der Waals surface area contributed by atoms with Crippen molar-refractivity contribution in [2.75, 3.05) is 46.8 Å². The number of nitro groups is 3. The van der Waals surface area contributed by atoms with Gasteiger partial charge in [-0.3, -0.25) is 44.4 Å². The van der Waals surface area contributed by atoms with Gasteiger partial charge in [-0.15, -0.1) is 3.71 Å². The highest BCUT2D eigenvalue weighted by atomic mass is 35.5. The van der Waals surface area contributed by atoms with Gasteiger partial charge < -0.3 is 11.1 Å². The SMILES string of the molecule is C.CNc1nn(C)c2c([N+](=O)[O-])ccc(Cl)c12.CS(C)(=O)=O.Cn1nc(N(S(C)(=O)=O)S(C)(=O)=O)c2c(Cl)ccc([N+](=O)[O-])c21.Cn1nc(N)c2c(Cl)ccc([N+](=O)[O-])c21. The minimum atomic E-state index is -4.26. The van der Waals surface area contributed by atoms with Gasteiger partial charge in [-0.2, -0.15) is 15.3 Å². The maximum absolute atomic E-state index is 11.9. The lowest BCUT2D eigenvalue weighted by Crippen LogP contribution is -2.35. The average Bonchev–Trinajstić information content (AvgIpc) is 3.70. The number of sulfone groups is 1. The third-order valence-corrected chi connectivity index (χ3v) is 11.5. The predicted molar refractivity (Wildman–Crippen MR) is 231 cm³/mol. The van der Waals surface area contributed by atoms with Gasteiger partial charge in [-0.05, 0) is 18.2 Å². The summed E-state index contributed by atoms with van der Waals surface area (Å²) in [7, 11) is -4.95. The number of hydrogen-bond acceptors (Lipinski definition) is 17. The first kappa shape index (κ1) is 50.5. The van der Waals surface area contributed by atoms with E-state index >= 15 is 0 Å². The molecule has 0 aliphatic heterocycles. The molecule has 6 aromatic rings. The van der Waals surface area contributed by atoms with Crippen LogP contribution in [0.4, 0.5) is 34.5 Å². The van der Waals surface area contributed by atoms with Gasteiger partial charge in [-0.1, -0.05) is 42.2 Å². The maximum Gasteiger partial charge on any atom is 0.295 e. The zero-order valence-electron chi connectivity index (χ0n) is 31.8. The zero-order valence-corrected chi connectivity index (χ0v) is 36.5. The largest absolute Gasteiger partial charge is 0.382 e. The van der Waals surface area contributed by atoms with Gasteiger partial charge in [-0.25, -0.2) is 25.3 Å². The molecule has 3 heterocycles. The van der Waals surface area contributed by atoms with Crippen molar-refractivity contribution in [3.05, 3.63) is 81.8 Å². The van der Waals surface area contributed by atoms with Gasteiger partial charge in [0, 0.05) is 58.9 Å². The summed E-state index contributed by atoms with van der Waals surface area (Å²) in [5.41, 5.74) is 5.84. The minimum absolute atomic E-state index is 0. The van der Waals surface area contributed by atoms with Gasteiger partial charge in [0.15, 0.2) is 17.5 Å². The number of aryl methyl sites for hydroxylation is 3. The summed E-state index contributed by atoms with van der Waals surface area (Å²) in [6.45, 7) is 0. The molecule has 0 amide bonds. The molecule has 3 aromatic heterocycles. The van der Waals surface area contributed by atoms with Crippen LogP contribution in [0, 0.1) is 30.3 Å². The molecule has 3 N–H and O–H groups in total. The summed E-state index contributed by atoms with van der Waals surface area (Å²) in [6.07, 6.45) is 3.68. The highest BCUT2D eigenvalue weighted by molar-refractivity contribution is 8.09. The number of halogens is 3. The summed E-state index contributed by atoms with van der Waals surface area (Å²) >= 11 is 17.9. The fraction of sp³-hybridized carbons (Fsp3) is 0.300. The van der Waals surface area contributed by atoms with Crippen molar-refractivity contribution in [2.45, 2.75) is 7.43 Å². The normalized spacial score (nSPS) is 11.3. The van der Waals surface area contributed by atoms with Crippen molar-refractivity contribution in [1.29, 1.82) is 0 Å². The van der Waals surface area contributed by atoms with E-state index in [4.69, 9.17) is 40.5 Å². The van der Waals surface area contributed by atoms with Crippen LogP contribution >= 0.6 is 34.8 Å². The average molecular weight is 960 g/mol. The molecular formula is C30H37Cl3N12O12S3. The van der Waals surface area contributed by atoms with Crippen LogP contribution in [0.15, 0.2) is 36.4 Å². The Balaban J connectivity index is 0.000000298. The van der Waals surface area contributed by atoms with E-state index < -0.39 is 50.5 Å². The lowest BCUT2D eigenvalue weighted by Gasteiger charge is -2.17. The van der Waals surface area contributed by atoms with Crippen molar-refractivity contribution in [1.82, 2.24) is 29.3 Å². The summed E-state index contributed by atoms with van der Waals surface area (Å²) in [5.74, 6) is 0.216. The van der Waals surface area contributed by atoms with Crippen LogP contribution in [-0.2, 0) is 51.0 Å². The molecule has 6 rings (SSSR count). The van der Waals surface area contributed by atoms with E-state index in [0.29, 0.717) is 50.2 Å². The number of benzene rings is 3. The van der Waals surface area contributed by atoms with Crippen LogP contribution < -0.4 is 14.8 Å². The van der Waals surface area contributed by atoms with Crippen molar-refractivity contribution >= 4 is 132 Å². The smallest absolute Gasteiger partial charge is 0.295 e. The van der Waals surface area contributed by atoms with Crippen LogP contribution in [0.3, 0.4) is 0 Å². The molecule has 30 heteroatoms. The number of aromatic nitrogens is 6. The zero-order chi connectivity index (χ0) is 45.3. The lowest BCUT2D eigenvalue weighted by molar-refractivity contribution is -0.383. The number of hydrogen-bond donors (Lipinski definition) is 2. The molecule has 0 saturated heterocycles. The lowest BCUT2D eigenvalue weighted by atomic mass is 10.2. The van der Waals surface area contributed by atoms with E-state index in [2.05, 4.69) is 20.6 Å². The highest BCUT2D eigenvalue weighted by Gasteiger charge is 2.34. The number of nitrogens with two attached hydrogens (primary N) is 1. The quantitative estimate of drug-likeness (QED) is 0.156. The number of nitrogen functional groups attached to an aromatic ring is 1. The Morgan fingerprint density at radius 1 is 0.617 bits per heavy atom. The minimum Gasteiger partial charge on any atom is -0.382 e. The first-order valence-corrected chi connectivity index (χ1v) is 22.7. The Bertz CT molecular complexity index is 2970. The molecule has 0 fully saturated rings. The second-order valence-corrected chi connectivity index (χ2v) is 19.6. The summed E-state index contributed by atoms with van der Waals surface area (Å²) in [5, 5.41) is 49.1. The van der Waals surface area contributed by atoms with E-state index in [-0.39, 0.29) is 49.9 Å². The monoisotopic (exact) mass is 958 g/mol. The molecule has 0 unspecified atom stereocenters. The number of nitrogens with zero attached hydrogens (tertiary/aromatic N) is 10. The van der Waals surface area contributed by atoms with Crippen LogP contribution in [-0.4, -0.2) is 101 Å². The number of fused-ring (bicyclic) bond motifs is 3. The Kier molecular flexibility index (Phi) is 15.8. The first-order chi connectivity index (χ1) is 26.9. The van der Waals surface area contributed by atoms with Gasteiger partial charge >= 0.3 is 0 Å². The Morgan fingerprint density at radius 2 is 0.933 bits per heavy atom. The van der Waals surface area contributed by atoms with E-state index in [1.807, 2.05) is 0 Å². The topological polar surface area (TPSA) is 327 Å². The molecule has 0 bridgehead atoms. The first-order valence-electron chi connectivity index (χ1n) is 15.6. The van der Waals surface area contributed by atoms with E-state index in [9.17, 15) is 55.6 Å². The second-order valence-electron chi connectivity index (χ2n) is 12.2. The molecule has 3 aromatic carbocycles. The third kappa shape index (κ3) is 11.2. The number of non-ortho nitro benzene ring substituents is 3. The molecule has 60 heavy (non-hydrogen) atoms. The standard InChI is InChI=1S/C10H11ClN4O6S2.C9H9ClN4O2.C8H7ClN4O2.C2H6O2S.CH4/c1-13-9-7(14(16)17)5-4-6(11)8(9)10(12-13)15(22(2,18)19)23(3,20)21;1-11-9-7-5(10)3-4-6(14(15)16)8(7)13(2)12-9;1-12-7-5(13(14)15)3-2-4(9)6(7)8(10)11-12;1-5(2,3)4;/h4-5H,1-3H3;3-4H,1-2H3,(H,11,12);2-3H,1H3,(H2,10,11);1-2H3;1H4. The van der Waals surface area contributed by atoms with Gasteiger partial charge in [0.1, 0.15) is 26.4 Å². The molecule has 0 radical (unpaired) electrons. The van der Waals surface area contributed by atoms with Crippen LogP contribution in [0.1, 0.15) is 7.43 Å². The molecule has 0 saturated carbocycles. The van der Waals surface area contributed by atoms with Gasteiger partial charge in [0.25, 0.3) is 17.1 Å². The van der Waals surface area contributed by atoms with Gasteiger partial charge in [0.05, 0.1) is 58.5 Å². The second kappa shape index (κ2) is 18.8. The Labute approximate surface area is 356 Å². The number of rotatable bonds is 7. The molecule has 0 aliphatic carbocycles. The summed E-state index contributed by atoms with van der Waals surface area (Å²) < 4.78 is 70.7. The van der Waals surface area contributed by atoms with Crippen molar-refractivity contribution in [2.24, 2.45) is 21.1 Å². The predicted octanol–water partition coefficient (Wildman–Crippen LogP) is 5.05. The molecule has 328 valence electrons. The molecule has 0 aliphatic rings. The van der Waals surface area contributed by atoms with Crippen LogP contribution in [0.25, 0.3) is 32.7 Å². The fourth-order valence-electron chi connectivity index (χ4n) is 5.39. The van der Waals surface area contributed by atoms with E-state index in [1.54, 1.807) is 21.1 Å². The van der Waals surface area contributed by atoms with E-state index in [0.717, 1.165) is 23.3 Å². The number of sulfonamides is 2. The number of anilines is 3. The number of nitro benzene ring substituents is 3. The molecule has 0 atom stereocenters. The fourth-order valence-corrected chi connectivity index (χ4v) is 8.97. The molecule has 24 nitrogen and oxygen atoms in total. The summed E-state index contributed by atoms with van der Waals surface area (Å²) in [4.78, 5) is 31.1. The van der Waals surface area contributed by atoms with Crippen molar-refractivity contribution < 1.29 is 40.0 Å². The van der Waals surface area contributed by atoms with Gasteiger partial charge in [0.2, 0.25) is 20.0 Å². The third-order valence-electron chi connectivity index (χ3n) is 7.36.